The Morgan fingerprint density at radius 1 is 1.38 bits per heavy atom. The molecule has 0 aromatic heterocycles. The summed E-state index contributed by atoms with van der Waals surface area (Å²) in [5.74, 6) is -3.53. The highest BCUT2D eigenvalue weighted by molar-refractivity contribution is 6.05. The van der Waals surface area contributed by atoms with E-state index in [4.69, 9.17) is 5.11 Å². The smallest absolute Gasteiger partial charge is 0.316 e. The highest BCUT2D eigenvalue weighted by atomic mass is 16.5. The number of hydrogen-bond donors (Lipinski definition) is 1. The predicted octanol–water partition coefficient (Wildman–Crippen LogP) is 0.229. The minimum atomic E-state index is -1.24. The summed E-state index contributed by atoms with van der Waals surface area (Å²) in [6.45, 7) is 3.14. The summed E-state index contributed by atoms with van der Waals surface area (Å²) in [6, 6.07) is 0. The molecule has 5 nitrogen and oxygen atoms in total. The fraction of sp³-hybridized carbons (Fsp3) is 0.625. The summed E-state index contributed by atoms with van der Waals surface area (Å²) >= 11 is 0. The number of esters is 1. The van der Waals surface area contributed by atoms with E-state index >= 15 is 0 Å². The van der Waals surface area contributed by atoms with Gasteiger partial charge in [0, 0.05) is 0 Å². The number of carboxylic acids is 1. The van der Waals surface area contributed by atoms with Gasteiger partial charge in [-0.3, -0.25) is 14.4 Å². The van der Waals surface area contributed by atoms with Gasteiger partial charge in [-0.25, -0.2) is 0 Å². The molecular weight excluding hydrogens is 176 g/mol. The van der Waals surface area contributed by atoms with Crippen molar-refractivity contribution in [3.63, 3.8) is 0 Å². The summed E-state index contributed by atoms with van der Waals surface area (Å²) < 4.78 is 4.55. The van der Waals surface area contributed by atoms with Gasteiger partial charge in [0.2, 0.25) is 0 Å². The molecule has 0 aliphatic carbocycles. The molecule has 0 rings (SSSR count). The molecule has 0 radical (unpaired) electrons. The van der Waals surface area contributed by atoms with Gasteiger partial charge in [-0.05, 0) is 13.8 Å². The number of carbonyl (C=O) groups is 3. The molecule has 5 heteroatoms. The molecule has 1 atom stereocenters. The van der Waals surface area contributed by atoms with E-state index in [1.54, 1.807) is 6.92 Å². The van der Waals surface area contributed by atoms with Crippen molar-refractivity contribution in [2.75, 3.05) is 6.61 Å². The maximum Gasteiger partial charge on any atom is 0.316 e. The van der Waals surface area contributed by atoms with E-state index in [0.29, 0.717) is 0 Å². The van der Waals surface area contributed by atoms with Gasteiger partial charge in [-0.1, -0.05) is 0 Å². The molecule has 0 aliphatic rings. The van der Waals surface area contributed by atoms with Gasteiger partial charge in [0.1, 0.15) is 12.3 Å². The Hall–Kier alpha value is -1.39. The van der Waals surface area contributed by atoms with Crippen molar-refractivity contribution in [1.82, 2.24) is 0 Å². The second-order valence-corrected chi connectivity index (χ2v) is 2.51. The van der Waals surface area contributed by atoms with E-state index in [0.717, 1.165) is 0 Å². The Kier molecular flexibility index (Phi) is 4.72. The molecular formula is C8H12O5. The molecule has 1 N–H and O–H groups in total. The molecule has 0 saturated carbocycles. The number of aliphatic carboxylic acids is 1. The number of carboxylic acid groups (broad SMARTS) is 1. The number of ether oxygens (including phenoxy) is 1. The van der Waals surface area contributed by atoms with E-state index in [1.807, 2.05) is 0 Å². The molecule has 0 aromatic rings. The van der Waals surface area contributed by atoms with Crippen LogP contribution in [0.4, 0.5) is 0 Å². The monoisotopic (exact) mass is 188 g/mol. The first-order chi connectivity index (χ1) is 5.99. The maximum absolute atomic E-state index is 11.0. The fourth-order valence-electron chi connectivity index (χ4n) is 0.701. The molecule has 13 heavy (non-hydrogen) atoms. The Balaban J connectivity index is 4.09. The second-order valence-electron chi connectivity index (χ2n) is 2.51. The number of ketones is 1. The van der Waals surface area contributed by atoms with Crippen molar-refractivity contribution in [2.45, 2.75) is 20.3 Å². The summed E-state index contributed by atoms with van der Waals surface area (Å²) in [6.07, 6.45) is -0.639. The van der Waals surface area contributed by atoms with Gasteiger partial charge in [-0.2, -0.15) is 0 Å². The lowest BCUT2D eigenvalue weighted by atomic mass is 10.0. The number of Topliss-reactive ketones (excluding diaryl/α,β-unsaturated/α-hetero) is 1. The van der Waals surface area contributed by atoms with Crippen LogP contribution in [0.2, 0.25) is 0 Å². The first-order valence-corrected chi connectivity index (χ1v) is 3.90. The van der Waals surface area contributed by atoms with E-state index < -0.39 is 30.1 Å². The zero-order valence-corrected chi connectivity index (χ0v) is 7.57. The van der Waals surface area contributed by atoms with Crippen molar-refractivity contribution in [2.24, 2.45) is 5.92 Å². The van der Waals surface area contributed by atoms with Crippen LogP contribution in [0.3, 0.4) is 0 Å². The lowest BCUT2D eigenvalue weighted by molar-refractivity contribution is -0.151. The molecule has 0 spiro atoms. The fourth-order valence-corrected chi connectivity index (χ4v) is 0.701. The van der Waals surface area contributed by atoms with Crippen molar-refractivity contribution in [3.8, 4) is 0 Å². The largest absolute Gasteiger partial charge is 0.481 e. The predicted molar refractivity (Wildman–Crippen MR) is 43.1 cm³/mol. The summed E-state index contributed by atoms with van der Waals surface area (Å²) in [5.41, 5.74) is 0. The molecule has 0 saturated heterocycles. The lowest BCUT2D eigenvalue weighted by Gasteiger charge is -2.07. The van der Waals surface area contributed by atoms with Gasteiger partial charge >= 0.3 is 11.9 Å². The van der Waals surface area contributed by atoms with Crippen LogP contribution in [0.15, 0.2) is 0 Å². The third-order valence-electron chi connectivity index (χ3n) is 1.45. The summed E-state index contributed by atoms with van der Waals surface area (Å²) in [5, 5.41) is 8.27. The van der Waals surface area contributed by atoms with Gasteiger partial charge in [0.25, 0.3) is 0 Å². The van der Waals surface area contributed by atoms with Crippen molar-refractivity contribution >= 4 is 17.7 Å². The van der Waals surface area contributed by atoms with E-state index in [2.05, 4.69) is 4.74 Å². The molecule has 74 valence electrons. The van der Waals surface area contributed by atoms with Crippen LogP contribution in [0.1, 0.15) is 20.3 Å². The van der Waals surface area contributed by atoms with E-state index in [1.165, 1.54) is 6.92 Å². The van der Waals surface area contributed by atoms with Crippen molar-refractivity contribution in [3.05, 3.63) is 0 Å². The van der Waals surface area contributed by atoms with E-state index in [-0.39, 0.29) is 6.61 Å². The van der Waals surface area contributed by atoms with Crippen LogP contribution in [0.25, 0.3) is 0 Å². The Morgan fingerprint density at radius 3 is 2.31 bits per heavy atom. The van der Waals surface area contributed by atoms with Gasteiger partial charge in [0.05, 0.1) is 6.61 Å². The Bertz CT molecular complexity index is 221. The lowest BCUT2D eigenvalue weighted by Crippen LogP contribution is -2.25. The molecule has 0 amide bonds. The highest BCUT2D eigenvalue weighted by Gasteiger charge is 2.24. The number of rotatable bonds is 5. The summed E-state index contributed by atoms with van der Waals surface area (Å²) in [4.78, 5) is 32.0. The highest BCUT2D eigenvalue weighted by Crippen LogP contribution is 2.03. The van der Waals surface area contributed by atoms with Gasteiger partial charge in [-0.15, -0.1) is 0 Å². The average Bonchev–Trinajstić information content (AvgIpc) is 2.02. The molecule has 0 heterocycles. The van der Waals surface area contributed by atoms with Crippen LogP contribution in [-0.2, 0) is 19.1 Å². The SMILES string of the molecule is CCOC(=O)C(C)C(=O)CC(=O)O. The molecule has 0 aromatic carbocycles. The standard InChI is InChI=1S/C8H12O5/c1-3-13-8(12)5(2)6(9)4-7(10)11/h5H,3-4H2,1-2H3,(H,10,11). The third kappa shape index (κ3) is 4.25. The van der Waals surface area contributed by atoms with Crippen molar-refractivity contribution < 1.29 is 24.2 Å². The Labute approximate surface area is 75.7 Å². The second kappa shape index (κ2) is 5.29. The van der Waals surface area contributed by atoms with Crippen LogP contribution < -0.4 is 0 Å². The molecule has 0 aliphatic heterocycles. The first-order valence-electron chi connectivity index (χ1n) is 3.90. The van der Waals surface area contributed by atoms with Gasteiger partial charge < -0.3 is 9.84 Å². The molecule has 1 unspecified atom stereocenters. The minimum Gasteiger partial charge on any atom is -0.481 e. The molecule has 0 bridgehead atoms. The quantitative estimate of drug-likeness (QED) is 0.493. The first kappa shape index (κ1) is 11.6. The van der Waals surface area contributed by atoms with Crippen molar-refractivity contribution in [1.29, 1.82) is 0 Å². The minimum absolute atomic E-state index is 0.184. The normalized spacial score (nSPS) is 11.8. The number of carbonyl (C=O) groups excluding carboxylic acids is 2. The van der Waals surface area contributed by atoms with E-state index in [9.17, 15) is 14.4 Å². The van der Waals surface area contributed by atoms with Crippen LogP contribution in [-0.4, -0.2) is 29.4 Å². The zero-order chi connectivity index (χ0) is 10.4. The zero-order valence-electron chi connectivity index (χ0n) is 7.57. The summed E-state index contributed by atoms with van der Waals surface area (Å²) in [7, 11) is 0. The van der Waals surface area contributed by atoms with Crippen LogP contribution in [0.5, 0.6) is 0 Å². The van der Waals surface area contributed by atoms with Crippen LogP contribution >= 0.6 is 0 Å². The number of hydrogen-bond acceptors (Lipinski definition) is 4. The topological polar surface area (TPSA) is 80.7 Å². The Morgan fingerprint density at radius 2 is 1.92 bits per heavy atom. The van der Waals surface area contributed by atoms with Crippen LogP contribution in [0, 0.1) is 5.92 Å². The third-order valence-corrected chi connectivity index (χ3v) is 1.45. The average molecular weight is 188 g/mol. The molecule has 0 fully saturated rings. The maximum atomic E-state index is 11.0. The van der Waals surface area contributed by atoms with Gasteiger partial charge in [0.15, 0.2) is 5.78 Å².